The van der Waals surface area contributed by atoms with Crippen molar-refractivity contribution in [3.63, 3.8) is 0 Å². The van der Waals surface area contributed by atoms with Crippen LogP contribution in [0.3, 0.4) is 0 Å². The highest BCUT2D eigenvalue weighted by Gasteiger charge is 2.16. The summed E-state index contributed by atoms with van der Waals surface area (Å²) in [5, 5.41) is 2.79. The lowest BCUT2D eigenvalue weighted by molar-refractivity contribution is 0.102. The van der Waals surface area contributed by atoms with Gasteiger partial charge in [0.05, 0.1) is 10.5 Å². The maximum Gasteiger partial charge on any atom is 0.261 e. The van der Waals surface area contributed by atoms with Crippen molar-refractivity contribution >= 4 is 27.3 Å². The largest absolute Gasteiger partial charge is 0.490 e. The Morgan fingerprint density at radius 1 is 0.730 bits per heavy atom. The summed E-state index contributed by atoms with van der Waals surface area (Å²) < 4.78 is 39.6. The van der Waals surface area contributed by atoms with Gasteiger partial charge < -0.3 is 14.8 Å². The van der Waals surface area contributed by atoms with Crippen molar-refractivity contribution in [2.75, 3.05) is 23.3 Å². The number of amides is 1. The number of benzene rings is 4. The summed E-state index contributed by atoms with van der Waals surface area (Å²) in [7, 11) is -3.78. The first-order valence-electron chi connectivity index (χ1n) is 11.7. The van der Waals surface area contributed by atoms with Crippen molar-refractivity contribution in [1.82, 2.24) is 0 Å². The van der Waals surface area contributed by atoms with Gasteiger partial charge in [0.15, 0.2) is 0 Å². The molecule has 0 aliphatic heterocycles. The summed E-state index contributed by atoms with van der Waals surface area (Å²) in [6.45, 7) is 4.40. The Bertz CT molecular complexity index is 1450. The van der Waals surface area contributed by atoms with E-state index in [4.69, 9.17) is 9.47 Å². The molecule has 0 saturated carbocycles. The normalized spacial score (nSPS) is 11.0. The van der Waals surface area contributed by atoms with Crippen LogP contribution in [0.4, 0.5) is 11.4 Å². The molecular weight excluding hydrogens is 488 g/mol. The summed E-state index contributed by atoms with van der Waals surface area (Å²) in [5.74, 6) is 0.795. The van der Waals surface area contributed by atoms with Crippen molar-refractivity contribution in [3.05, 3.63) is 114 Å². The third kappa shape index (κ3) is 7.11. The van der Waals surface area contributed by atoms with E-state index in [2.05, 4.69) is 10.0 Å². The lowest BCUT2D eigenvalue weighted by atomic mass is 10.1. The van der Waals surface area contributed by atoms with Gasteiger partial charge in [0, 0.05) is 11.4 Å². The summed E-state index contributed by atoms with van der Waals surface area (Å²) in [6.07, 6.45) is 0. The Labute approximate surface area is 217 Å². The molecule has 7 nitrogen and oxygen atoms in total. The van der Waals surface area contributed by atoms with E-state index in [1.54, 1.807) is 48.5 Å². The van der Waals surface area contributed by atoms with Crippen LogP contribution in [0.1, 0.15) is 21.5 Å². The number of hydrogen-bond donors (Lipinski definition) is 2. The average Bonchev–Trinajstić information content (AvgIpc) is 2.87. The molecule has 8 heteroatoms. The number of para-hydroxylation sites is 2. The van der Waals surface area contributed by atoms with E-state index in [9.17, 15) is 13.2 Å². The third-order valence-electron chi connectivity index (χ3n) is 5.38. The molecule has 37 heavy (non-hydrogen) atoms. The smallest absolute Gasteiger partial charge is 0.261 e. The molecule has 1 amide bonds. The quantitative estimate of drug-likeness (QED) is 0.259. The lowest BCUT2D eigenvalue weighted by Crippen LogP contribution is -2.16. The van der Waals surface area contributed by atoms with Crippen LogP contribution in [0.2, 0.25) is 0 Å². The molecule has 0 heterocycles. The van der Waals surface area contributed by atoms with Crippen molar-refractivity contribution in [2.45, 2.75) is 18.7 Å². The number of carbonyl (C=O) groups is 1. The molecule has 0 unspecified atom stereocenters. The van der Waals surface area contributed by atoms with Crippen LogP contribution < -0.4 is 19.5 Å². The number of carbonyl (C=O) groups excluding carboxylic acids is 1. The standard InChI is InChI=1S/C29H28N2O5S/c1-21-18-22(2)20-24(19-21)31-37(33,34)26-14-12-23(13-15-26)30-29(32)27-10-6-7-11-28(27)36-17-16-35-25-8-4-3-5-9-25/h3-15,18-20,31H,16-17H2,1-2H3,(H,30,32). The van der Waals surface area contributed by atoms with Gasteiger partial charge in [0.1, 0.15) is 24.7 Å². The van der Waals surface area contributed by atoms with Crippen LogP contribution in [0.15, 0.2) is 102 Å². The number of hydrogen-bond acceptors (Lipinski definition) is 5. The van der Waals surface area contributed by atoms with Crippen LogP contribution in [0.5, 0.6) is 11.5 Å². The first-order chi connectivity index (χ1) is 17.8. The third-order valence-corrected chi connectivity index (χ3v) is 6.78. The number of sulfonamides is 1. The van der Waals surface area contributed by atoms with E-state index >= 15 is 0 Å². The van der Waals surface area contributed by atoms with Crippen molar-refractivity contribution < 1.29 is 22.7 Å². The van der Waals surface area contributed by atoms with Crippen LogP contribution in [0, 0.1) is 13.8 Å². The number of nitrogens with one attached hydrogen (secondary N) is 2. The maximum absolute atomic E-state index is 12.9. The van der Waals surface area contributed by atoms with Gasteiger partial charge in [0.2, 0.25) is 0 Å². The molecule has 0 atom stereocenters. The Balaban J connectivity index is 1.37. The molecule has 4 aromatic carbocycles. The van der Waals surface area contributed by atoms with Gasteiger partial charge in [-0.3, -0.25) is 9.52 Å². The van der Waals surface area contributed by atoms with E-state index in [0.717, 1.165) is 16.9 Å². The Morgan fingerprint density at radius 2 is 1.35 bits per heavy atom. The Morgan fingerprint density at radius 3 is 2.05 bits per heavy atom. The Kier molecular flexibility index (Phi) is 8.10. The first kappa shape index (κ1) is 25.8. The minimum Gasteiger partial charge on any atom is -0.490 e. The van der Waals surface area contributed by atoms with Crippen molar-refractivity contribution in [2.24, 2.45) is 0 Å². The summed E-state index contributed by atoms with van der Waals surface area (Å²) >= 11 is 0. The molecule has 0 bridgehead atoms. The predicted molar refractivity (Wildman–Crippen MR) is 145 cm³/mol. The zero-order chi connectivity index (χ0) is 26.3. The van der Waals surface area contributed by atoms with E-state index in [1.165, 1.54) is 12.1 Å². The highest BCUT2D eigenvalue weighted by atomic mass is 32.2. The zero-order valence-electron chi connectivity index (χ0n) is 20.6. The van der Waals surface area contributed by atoms with Crippen molar-refractivity contribution in [3.8, 4) is 11.5 Å². The minimum absolute atomic E-state index is 0.0896. The maximum atomic E-state index is 12.9. The fourth-order valence-electron chi connectivity index (χ4n) is 3.77. The van der Waals surface area contributed by atoms with Gasteiger partial charge >= 0.3 is 0 Å². The highest BCUT2D eigenvalue weighted by molar-refractivity contribution is 7.92. The second-order valence-corrected chi connectivity index (χ2v) is 10.1. The zero-order valence-corrected chi connectivity index (χ0v) is 21.4. The van der Waals surface area contributed by atoms with E-state index < -0.39 is 10.0 Å². The SMILES string of the molecule is Cc1cc(C)cc(NS(=O)(=O)c2ccc(NC(=O)c3ccccc3OCCOc3ccccc3)cc2)c1. The molecule has 0 aliphatic rings. The van der Waals surface area contributed by atoms with Crippen molar-refractivity contribution in [1.29, 1.82) is 0 Å². The van der Waals surface area contributed by atoms with Crippen LogP contribution in [-0.4, -0.2) is 27.5 Å². The molecule has 0 radical (unpaired) electrons. The number of anilines is 2. The van der Waals surface area contributed by atoms with Gasteiger partial charge in [-0.25, -0.2) is 8.42 Å². The van der Waals surface area contributed by atoms with Crippen LogP contribution >= 0.6 is 0 Å². The molecule has 0 fully saturated rings. The fourth-order valence-corrected chi connectivity index (χ4v) is 4.81. The topological polar surface area (TPSA) is 93.7 Å². The van der Waals surface area contributed by atoms with Gasteiger partial charge in [0.25, 0.3) is 15.9 Å². The predicted octanol–water partition coefficient (Wildman–Crippen LogP) is 5.81. The second-order valence-electron chi connectivity index (χ2n) is 8.47. The molecule has 0 aromatic heterocycles. The molecule has 2 N–H and O–H groups in total. The van der Waals surface area contributed by atoms with E-state index in [1.807, 2.05) is 50.2 Å². The molecule has 4 aromatic rings. The molecular formula is C29H28N2O5S. The molecule has 0 spiro atoms. The van der Waals surface area contributed by atoms with E-state index in [-0.39, 0.29) is 17.4 Å². The van der Waals surface area contributed by atoms with Crippen LogP contribution in [-0.2, 0) is 10.0 Å². The monoisotopic (exact) mass is 516 g/mol. The Hall–Kier alpha value is -4.30. The molecule has 0 saturated heterocycles. The molecule has 0 aliphatic carbocycles. The number of ether oxygens (including phenoxy) is 2. The fraction of sp³-hybridized carbons (Fsp3) is 0.138. The summed E-state index contributed by atoms with van der Waals surface area (Å²) in [6, 6.07) is 27.8. The molecule has 190 valence electrons. The highest BCUT2D eigenvalue weighted by Crippen LogP contribution is 2.23. The number of aryl methyl sites for hydroxylation is 2. The van der Waals surface area contributed by atoms with Gasteiger partial charge in [-0.05, 0) is 85.6 Å². The summed E-state index contributed by atoms with van der Waals surface area (Å²) in [5.41, 5.74) is 3.24. The number of rotatable bonds is 10. The van der Waals surface area contributed by atoms with Gasteiger partial charge in [-0.1, -0.05) is 36.4 Å². The summed E-state index contributed by atoms with van der Waals surface area (Å²) in [4.78, 5) is 13.0. The molecule has 4 rings (SSSR count). The lowest BCUT2D eigenvalue weighted by Gasteiger charge is -2.13. The first-order valence-corrected chi connectivity index (χ1v) is 13.2. The second kappa shape index (κ2) is 11.6. The van der Waals surface area contributed by atoms with Gasteiger partial charge in [-0.15, -0.1) is 0 Å². The van der Waals surface area contributed by atoms with Crippen LogP contribution in [0.25, 0.3) is 0 Å². The van der Waals surface area contributed by atoms with Gasteiger partial charge in [-0.2, -0.15) is 0 Å². The van der Waals surface area contributed by atoms with E-state index in [0.29, 0.717) is 29.3 Å². The minimum atomic E-state index is -3.78. The average molecular weight is 517 g/mol.